The van der Waals surface area contributed by atoms with Crippen LogP contribution in [0.25, 0.3) is 0 Å². The molecule has 0 saturated carbocycles. The number of pyridine rings is 1. The number of amides is 4. The number of aromatic nitrogens is 1. The standard InChI is InChI=1S/C23H23N5O6/c1-12(29)27-9-15-8-14(19(23(33)34)28-18(15)20(27)22(28)32)7-13-4-6-26(21(13)31)16-3-2-5-25(10-16)11-17(24)30/h2-3,5,7,10,15,18,20H,4,6,8-9,11H2,1H3,(H2-,24,30,33,34)/p+1/b13-7+/t15?,18-,20?/m1/s1. The fourth-order valence-electron chi connectivity index (χ4n) is 5.58. The number of carbonyl (C=O) groups is 5. The fraction of sp³-hybridized carbons (Fsp3) is 0.391. The number of carbonyl (C=O) groups excluding carboxylic acids is 4. The molecule has 2 unspecified atom stereocenters. The highest BCUT2D eigenvalue weighted by Gasteiger charge is 2.63. The summed E-state index contributed by atoms with van der Waals surface area (Å²) in [6.07, 6.45) is 5.71. The zero-order valence-corrected chi connectivity index (χ0v) is 18.5. The summed E-state index contributed by atoms with van der Waals surface area (Å²) in [5.74, 6) is -2.66. The number of aliphatic carboxylic acids is 1. The van der Waals surface area contributed by atoms with E-state index in [-0.39, 0.29) is 36.0 Å². The summed E-state index contributed by atoms with van der Waals surface area (Å²) in [6, 6.07) is 2.54. The van der Waals surface area contributed by atoms with Crippen molar-refractivity contribution in [1.82, 2.24) is 9.80 Å². The zero-order valence-electron chi connectivity index (χ0n) is 18.5. The van der Waals surface area contributed by atoms with Crippen molar-refractivity contribution in [2.45, 2.75) is 38.4 Å². The predicted molar refractivity (Wildman–Crippen MR) is 115 cm³/mol. The van der Waals surface area contributed by atoms with Crippen LogP contribution >= 0.6 is 0 Å². The summed E-state index contributed by atoms with van der Waals surface area (Å²) in [5.41, 5.74) is 6.62. The van der Waals surface area contributed by atoms with Crippen LogP contribution in [0.1, 0.15) is 19.8 Å². The van der Waals surface area contributed by atoms with Crippen molar-refractivity contribution in [2.24, 2.45) is 11.7 Å². The van der Waals surface area contributed by atoms with E-state index in [1.807, 2.05) is 0 Å². The van der Waals surface area contributed by atoms with E-state index in [9.17, 15) is 29.1 Å². The number of hydrogen-bond acceptors (Lipinski definition) is 5. The Labute approximate surface area is 194 Å². The van der Waals surface area contributed by atoms with Gasteiger partial charge in [-0.3, -0.25) is 24.1 Å². The quantitative estimate of drug-likeness (QED) is 0.321. The molecular weight excluding hydrogens is 442 g/mol. The number of allylic oxidation sites excluding steroid dienone is 2. The number of nitrogens with zero attached hydrogens (tertiary/aromatic N) is 4. The minimum atomic E-state index is -1.23. The summed E-state index contributed by atoms with van der Waals surface area (Å²) in [6.45, 7) is 2.18. The van der Waals surface area contributed by atoms with Crippen LogP contribution in [-0.2, 0) is 30.5 Å². The van der Waals surface area contributed by atoms with Gasteiger partial charge in [0.05, 0.1) is 6.04 Å². The monoisotopic (exact) mass is 466 g/mol. The summed E-state index contributed by atoms with van der Waals surface area (Å²) in [7, 11) is 0. The molecule has 3 atom stereocenters. The largest absolute Gasteiger partial charge is 0.477 e. The maximum absolute atomic E-state index is 13.2. The van der Waals surface area contributed by atoms with Crippen LogP contribution in [0, 0.1) is 5.92 Å². The average Bonchev–Trinajstić information content (AvgIpc) is 3.31. The first-order valence-electron chi connectivity index (χ1n) is 11.0. The highest BCUT2D eigenvalue weighted by atomic mass is 16.4. The van der Waals surface area contributed by atoms with E-state index in [0.717, 1.165) is 0 Å². The first-order valence-corrected chi connectivity index (χ1v) is 11.0. The summed E-state index contributed by atoms with van der Waals surface area (Å²) < 4.78 is 1.59. The molecular formula is C23H24N5O6+. The molecule has 1 aromatic rings. The van der Waals surface area contributed by atoms with Crippen molar-refractivity contribution in [3.63, 3.8) is 0 Å². The molecule has 34 heavy (non-hydrogen) atoms. The van der Waals surface area contributed by atoms with Gasteiger partial charge in [0.2, 0.25) is 12.5 Å². The van der Waals surface area contributed by atoms with Gasteiger partial charge in [0.15, 0.2) is 12.4 Å². The third-order valence-electron chi connectivity index (χ3n) is 6.96. The SMILES string of the molecule is CC(=O)N1CC2CC(/C=C3\CCN(c4ccc[n+](CC(N)=O)c4)C3=O)=C(C(=O)O)N3C(=O)C1[C@@H]23. The first kappa shape index (κ1) is 21.8. The number of β-lactam (4-membered cyclic amide) rings is 1. The van der Waals surface area contributed by atoms with Crippen LogP contribution in [0.3, 0.4) is 0 Å². The Morgan fingerprint density at radius 2 is 2.06 bits per heavy atom. The average molecular weight is 466 g/mol. The van der Waals surface area contributed by atoms with Gasteiger partial charge in [-0.15, -0.1) is 0 Å². The number of primary amides is 1. The number of carboxylic acids is 1. The lowest BCUT2D eigenvalue weighted by molar-refractivity contribution is -0.683. The van der Waals surface area contributed by atoms with Gasteiger partial charge in [-0.05, 0) is 30.6 Å². The molecule has 3 fully saturated rings. The van der Waals surface area contributed by atoms with Crippen LogP contribution in [0.5, 0.6) is 0 Å². The van der Waals surface area contributed by atoms with E-state index in [4.69, 9.17) is 5.73 Å². The van der Waals surface area contributed by atoms with Gasteiger partial charge in [-0.1, -0.05) is 0 Å². The molecule has 11 nitrogen and oxygen atoms in total. The topological polar surface area (TPSA) is 145 Å². The van der Waals surface area contributed by atoms with Crippen molar-refractivity contribution >= 4 is 35.3 Å². The molecule has 4 aliphatic rings. The minimum absolute atomic E-state index is 0.0158. The Balaban J connectivity index is 1.44. The summed E-state index contributed by atoms with van der Waals surface area (Å²) in [4.78, 5) is 65.6. The molecule has 0 spiro atoms. The lowest BCUT2D eigenvalue weighted by Crippen LogP contribution is -2.69. The third kappa shape index (κ3) is 3.27. The van der Waals surface area contributed by atoms with Gasteiger partial charge in [-0.2, -0.15) is 4.57 Å². The smallest absolute Gasteiger partial charge is 0.352 e. The number of nitrogens with two attached hydrogens (primary N) is 1. The Morgan fingerprint density at radius 3 is 2.74 bits per heavy atom. The lowest BCUT2D eigenvalue weighted by atomic mass is 9.79. The minimum Gasteiger partial charge on any atom is -0.477 e. The fourth-order valence-corrected chi connectivity index (χ4v) is 5.58. The molecule has 4 amide bonds. The van der Waals surface area contributed by atoms with E-state index >= 15 is 0 Å². The summed E-state index contributed by atoms with van der Waals surface area (Å²) >= 11 is 0. The number of rotatable bonds is 5. The Bertz CT molecular complexity index is 1220. The highest BCUT2D eigenvalue weighted by Crippen LogP contribution is 2.47. The number of hydrogen-bond donors (Lipinski definition) is 2. The third-order valence-corrected chi connectivity index (χ3v) is 6.96. The zero-order chi connectivity index (χ0) is 24.3. The van der Waals surface area contributed by atoms with Crippen LogP contribution < -0.4 is 15.2 Å². The molecule has 3 saturated heterocycles. The van der Waals surface area contributed by atoms with Crippen molar-refractivity contribution in [3.05, 3.63) is 47.4 Å². The maximum Gasteiger partial charge on any atom is 0.352 e. The molecule has 176 valence electrons. The predicted octanol–water partition coefficient (Wildman–Crippen LogP) is -1.08. The van der Waals surface area contributed by atoms with E-state index in [1.165, 1.54) is 16.7 Å². The molecule has 11 heteroatoms. The lowest BCUT2D eigenvalue weighted by Gasteiger charge is -2.49. The van der Waals surface area contributed by atoms with Crippen molar-refractivity contribution in [1.29, 1.82) is 0 Å². The van der Waals surface area contributed by atoms with Gasteiger partial charge >= 0.3 is 5.97 Å². The van der Waals surface area contributed by atoms with Gasteiger partial charge in [0.1, 0.15) is 17.4 Å². The molecule has 1 aromatic heterocycles. The molecule has 0 radical (unpaired) electrons. The maximum atomic E-state index is 13.2. The van der Waals surface area contributed by atoms with E-state index < -0.39 is 23.8 Å². The number of anilines is 1. The molecule has 5 heterocycles. The van der Waals surface area contributed by atoms with Crippen molar-refractivity contribution in [2.75, 3.05) is 18.0 Å². The van der Waals surface area contributed by atoms with Gasteiger partial charge in [0, 0.05) is 37.6 Å². The molecule has 0 aliphatic carbocycles. The van der Waals surface area contributed by atoms with Crippen LogP contribution in [-0.4, -0.2) is 69.7 Å². The molecule has 3 N–H and O–H groups in total. The number of likely N-dealkylation sites (tertiary alicyclic amines) is 1. The van der Waals surface area contributed by atoms with E-state index in [1.54, 1.807) is 40.1 Å². The van der Waals surface area contributed by atoms with E-state index in [2.05, 4.69) is 0 Å². The van der Waals surface area contributed by atoms with Gasteiger partial charge in [-0.25, -0.2) is 4.79 Å². The van der Waals surface area contributed by atoms with Crippen molar-refractivity contribution in [3.8, 4) is 0 Å². The van der Waals surface area contributed by atoms with Crippen LogP contribution in [0.15, 0.2) is 47.4 Å². The van der Waals surface area contributed by atoms with Crippen LogP contribution in [0.4, 0.5) is 5.69 Å². The second-order valence-electron chi connectivity index (χ2n) is 9.04. The molecule has 5 rings (SSSR count). The summed E-state index contributed by atoms with van der Waals surface area (Å²) in [5, 5.41) is 9.89. The Kier molecular flexibility index (Phi) is 4.99. The van der Waals surface area contributed by atoms with E-state index in [0.29, 0.717) is 42.8 Å². The van der Waals surface area contributed by atoms with Gasteiger partial charge in [0.25, 0.3) is 17.7 Å². The molecule has 0 bridgehead atoms. The molecule has 0 aromatic carbocycles. The number of carboxylic acid groups (broad SMARTS) is 1. The molecule has 4 aliphatic heterocycles. The second kappa shape index (κ2) is 7.79. The van der Waals surface area contributed by atoms with Crippen molar-refractivity contribution < 1.29 is 33.6 Å². The first-order chi connectivity index (χ1) is 16.2. The van der Waals surface area contributed by atoms with Crippen LogP contribution in [0.2, 0.25) is 0 Å². The Hall–Kier alpha value is -4.02. The van der Waals surface area contributed by atoms with Gasteiger partial charge < -0.3 is 20.6 Å². The Morgan fingerprint density at radius 1 is 1.29 bits per heavy atom. The second-order valence-corrected chi connectivity index (χ2v) is 9.04. The highest BCUT2D eigenvalue weighted by molar-refractivity contribution is 6.09. The normalized spacial score (nSPS) is 26.8.